The summed E-state index contributed by atoms with van der Waals surface area (Å²) in [4.78, 5) is 0. The third-order valence-corrected chi connectivity index (χ3v) is 4.80. The van der Waals surface area contributed by atoms with Crippen molar-refractivity contribution in [1.29, 1.82) is 0 Å². The van der Waals surface area contributed by atoms with Crippen molar-refractivity contribution in [2.24, 2.45) is 0 Å². The fourth-order valence-electron chi connectivity index (χ4n) is 2.12. The van der Waals surface area contributed by atoms with Crippen LogP contribution in [0.1, 0.15) is 17.4 Å². The van der Waals surface area contributed by atoms with Gasteiger partial charge in [-0.3, -0.25) is 0 Å². The third-order valence-electron chi connectivity index (χ3n) is 2.99. The van der Waals surface area contributed by atoms with Gasteiger partial charge in [0.15, 0.2) is 0 Å². The van der Waals surface area contributed by atoms with Crippen LogP contribution in [0.3, 0.4) is 0 Å². The molecule has 0 amide bonds. The topological polar surface area (TPSA) is 25.2 Å². The Kier molecular flexibility index (Phi) is 3.60. The number of halogens is 2. The standard InChI is InChI=1S/C14H11FINOS/c1-17-14(9-6-13(16)19-7-9)12-5-8-4-10(15)2-3-11(8)18-12/h2-7,14,17H,1H3. The molecule has 0 saturated heterocycles. The molecule has 19 heavy (non-hydrogen) atoms. The molecule has 0 aliphatic heterocycles. The molecule has 2 aromatic heterocycles. The number of thiophene rings is 1. The molecule has 0 saturated carbocycles. The molecule has 0 aliphatic carbocycles. The van der Waals surface area contributed by atoms with E-state index >= 15 is 0 Å². The van der Waals surface area contributed by atoms with Gasteiger partial charge in [0, 0.05) is 5.39 Å². The summed E-state index contributed by atoms with van der Waals surface area (Å²) in [6, 6.07) is 8.59. The van der Waals surface area contributed by atoms with E-state index in [1.807, 2.05) is 13.1 Å². The van der Waals surface area contributed by atoms with E-state index in [0.717, 1.165) is 16.7 Å². The van der Waals surface area contributed by atoms with Crippen LogP contribution in [0, 0.1) is 8.70 Å². The maximum absolute atomic E-state index is 13.2. The fraction of sp³-hybridized carbons (Fsp3) is 0.143. The highest BCUT2D eigenvalue weighted by Crippen LogP contribution is 2.31. The number of rotatable bonds is 3. The average molecular weight is 387 g/mol. The van der Waals surface area contributed by atoms with Gasteiger partial charge in [-0.25, -0.2) is 4.39 Å². The second kappa shape index (κ2) is 5.22. The second-order valence-electron chi connectivity index (χ2n) is 4.24. The lowest BCUT2D eigenvalue weighted by Crippen LogP contribution is -2.16. The van der Waals surface area contributed by atoms with Gasteiger partial charge in [0.2, 0.25) is 0 Å². The Morgan fingerprint density at radius 2 is 2.16 bits per heavy atom. The Balaban J connectivity index is 2.06. The Morgan fingerprint density at radius 3 is 2.84 bits per heavy atom. The number of fused-ring (bicyclic) bond motifs is 1. The third kappa shape index (κ3) is 2.54. The smallest absolute Gasteiger partial charge is 0.134 e. The molecule has 5 heteroatoms. The molecule has 98 valence electrons. The lowest BCUT2D eigenvalue weighted by Gasteiger charge is -2.11. The molecule has 1 atom stereocenters. The molecule has 1 N–H and O–H groups in total. The van der Waals surface area contributed by atoms with Gasteiger partial charge in [-0.2, -0.15) is 0 Å². The van der Waals surface area contributed by atoms with Crippen LogP contribution in [-0.2, 0) is 0 Å². The van der Waals surface area contributed by atoms with Crippen LogP contribution in [0.25, 0.3) is 11.0 Å². The lowest BCUT2D eigenvalue weighted by molar-refractivity contribution is 0.492. The largest absolute Gasteiger partial charge is 0.459 e. The van der Waals surface area contributed by atoms with Crippen molar-refractivity contribution >= 4 is 44.9 Å². The Morgan fingerprint density at radius 1 is 1.32 bits per heavy atom. The van der Waals surface area contributed by atoms with Crippen LogP contribution in [0.2, 0.25) is 0 Å². The zero-order chi connectivity index (χ0) is 13.4. The van der Waals surface area contributed by atoms with Crippen molar-refractivity contribution < 1.29 is 8.81 Å². The Bertz CT molecular complexity index is 721. The van der Waals surface area contributed by atoms with Crippen LogP contribution >= 0.6 is 33.9 Å². The molecule has 1 aromatic carbocycles. The van der Waals surface area contributed by atoms with Gasteiger partial charge in [0.1, 0.15) is 17.2 Å². The molecule has 0 bridgehead atoms. The molecule has 3 rings (SSSR count). The van der Waals surface area contributed by atoms with Crippen LogP contribution < -0.4 is 5.32 Å². The van der Waals surface area contributed by atoms with Crippen molar-refractivity contribution in [2.45, 2.75) is 6.04 Å². The summed E-state index contributed by atoms with van der Waals surface area (Å²) in [5, 5.41) is 6.14. The Hall–Kier alpha value is -0.920. The average Bonchev–Trinajstić information content (AvgIpc) is 2.96. The molecular weight excluding hydrogens is 376 g/mol. The van der Waals surface area contributed by atoms with Gasteiger partial charge in [0.25, 0.3) is 0 Å². The van der Waals surface area contributed by atoms with E-state index in [1.54, 1.807) is 17.4 Å². The van der Waals surface area contributed by atoms with E-state index in [-0.39, 0.29) is 11.9 Å². The number of hydrogen-bond donors (Lipinski definition) is 1. The fourth-order valence-corrected chi connectivity index (χ4v) is 3.52. The number of hydrogen-bond acceptors (Lipinski definition) is 3. The highest BCUT2D eigenvalue weighted by atomic mass is 127. The van der Waals surface area contributed by atoms with Crippen LogP contribution in [0.4, 0.5) is 4.39 Å². The first-order chi connectivity index (χ1) is 9.17. The van der Waals surface area contributed by atoms with E-state index in [0.29, 0.717) is 5.58 Å². The molecule has 0 spiro atoms. The zero-order valence-electron chi connectivity index (χ0n) is 10.1. The van der Waals surface area contributed by atoms with Gasteiger partial charge >= 0.3 is 0 Å². The van der Waals surface area contributed by atoms with E-state index in [1.165, 1.54) is 15.0 Å². The van der Waals surface area contributed by atoms with E-state index in [2.05, 4.69) is 39.4 Å². The molecule has 2 nitrogen and oxygen atoms in total. The van der Waals surface area contributed by atoms with Gasteiger partial charge in [-0.1, -0.05) is 0 Å². The van der Waals surface area contributed by atoms with E-state index in [9.17, 15) is 4.39 Å². The number of furan rings is 1. The van der Waals surface area contributed by atoms with Crippen molar-refractivity contribution in [3.05, 3.63) is 55.7 Å². The summed E-state index contributed by atoms with van der Waals surface area (Å²) in [6.45, 7) is 0. The molecular formula is C14H11FINOS. The Labute approximate surface area is 127 Å². The molecule has 0 fully saturated rings. The lowest BCUT2D eigenvalue weighted by atomic mass is 10.1. The first-order valence-electron chi connectivity index (χ1n) is 5.77. The van der Waals surface area contributed by atoms with Crippen molar-refractivity contribution in [3.8, 4) is 0 Å². The summed E-state index contributed by atoms with van der Waals surface area (Å²) in [6.07, 6.45) is 0. The quantitative estimate of drug-likeness (QED) is 0.668. The zero-order valence-corrected chi connectivity index (χ0v) is 13.1. The second-order valence-corrected chi connectivity index (χ2v) is 7.04. The minimum atomic E-state index is -0.245. The van der Waals surface area contributed by atoms with Crippen molar-refractivity contribution in [2.75, 3.05) is 7.05 Å². The van der Waals surface area contributed by atoms with Crippen molar-refractivity contribution in [3.63, 3.8) is 0 Å². The minimum Gasteiger partial charge on any atom is -0.459 e. The summed E-state index contributed by atoms with van der Waals surface area (Å²) >= 11 is 4.00. The van der Waals surface area contributed by atoms with E-state index < -0.39 is 0 Å². The monoisotopic (exact) mass is 387 g/mol. The van der Waals surface area contributed by atoms with Gasteiger partial charge in [-0.05, 0) is 70.9 Å². The summed E-state index contributed by atoms with van der Waals surface area (Å²) < 4.78 is 20.2. The number of benzene rings is 1. The summed E-state index contributed by atoms with van der Waals surface area (Å²) in [7, 11) is 1.89. The predicted octanol–water partition coefficient (Wildman–Crippen LogP) is 4.55. The first kappa shape index (κ1) is 13.1. The molecule has 3 aromatic rings. The SMILES string of the molecule is CNC(c1csc(I)c1)c1cc2cc(F)ccc2o1. The minimum absolute atomic E-state index is 0.00442. The van der Waals surface area contributed by atoms with Gasteiger partial charge in [0.05, 0.1) is 8.93 Å². The molecule has 0 aliphatic rings. The van der Waals surface area contributed by atoms with Crippen LogP contribution in [0.15, 0.2) is 40.1 Å². The highest BCUT2D eigenvalue weighted by molar-refractivity contribution is 14.1. The van der Waals surface area contributed by atoms with E-state index in [4.69, 9.17) is 4.42 Å². The molecule has 2 heterocycles. The summed E-state index contributed by atoms with van der Waals surface area (Å²) in [5.74, 6) is 0.559. The van der Waals surface area contributed by atoms with Gasteiger partial charge in [-0.15, -0.1) is 11.3 Å². The number of nitrogens with one attached hydrogen (secondary N) is 1. The first-order valence-corrected chi connectivity index (χ1v) is 7.73. The van der Waals surface area contributed by atoms with Crippen LogP contribution in [-0.4, -0.2) is 7.05 Å². The highest BCUT2D eigenvalue weighted by Gasteiger charge is 2.18. The summed E-state index contributed by atoms with van der Waals surface area (Å²) in [5.41, 5.74) is 1.87. The maximum Gasteiger partial charge on any atom is 0.134 e. The van der Waals surface area contributed by atoms with Crippen LogP contribution in [0.5, 0.6) is 0 Å². The predicted molar refractivity (Wildman–Crippen MR) is 84.1 cm³/mol. The molecule has 0 radical (unpaired) electrons. The van der Waals surface area contributed by atoms with Crippen molar-refractivity contribution in [1.82, 2.24) is 5.32 Å². The maximum atomic E-state index is 13.2. The van der Waals surface area contributed by atoms with Gasteiger partial charge < -0.3 is 9.73 Å². The normalized spacial score (nSPS) is 13.0. The molecule has 1 unspecified atom stereocenters.